The molecule has 3 heterocycles. The lowest BCUT2D eigenvalue weighted by molar-refractivity contribution is -0.146. The van der Waals surface area contributed by atoms with Crippen LogP contribution >= 0.6 is 11.6 Å². The summed E-state index contributed by atoms with van der Waals surface area (Å²) in [6, 6.07) is 5.33. The van der Waals surface area contributed by atoms with E-state index in [-0.39, 0.29) is 30.9 Å². The fourth-order valence-corrected chi connectivity index (χ4v) is 6.34. The van der Waals surface area contributed by atoms with Gasteiger partial charge in [0.05, 0.1) is 30.6 Å². The van der Waals surface area contributed by atoms with Crippen LogP contribution in [0.3, 0.4) is 0 Å². The van der Waals surface area contributed by atoms with Gasteiger partial charge in [0.2, 0.25) is 11.8 Å². The van der Waals surface area contributed by atoms with Gasteiger partial charge in [0, 0.05) is 30.8 Å². The normalized spacial score (nSPS) is 29.1. The SMILES string of the molecule is C=CCN(C)C(=O)[C@@H]1[C@H]2C(=O)N([C@@H](CC)CO)C(C(=O)N(CC=C)c3ccc(Cl)cc3)C23CC[C@H]1O3. The summed E-state index contributed by atoms with van der Waals surface area (Å²) in [5.41, 5.74) is -0.526. The molecule has 194 valence electrons. The van der Waals surface area contributed by atoms with E-state index in [1.165, 1.54) is 4.90 Å². The van der Waals surface area contributed by atoms with E-state index in [4.69, 9.17) is 16.3 Å². The molecule has 6 atom stereocenters. The Bertz CT molecular complexity index is 1040. The van der Waals surface area contributed by atoms with Crippen LogP contribution in [0.4, 0.5) is 5.69 Å². The van der Waals surface area contributed by atoms with Crippen LogP contribution < -0.4 is 4.90 Å². The first-order chi connectivity index (χ1) is 17.2. The molecule has 1 aromatic carbocycles. The highest BCUT2D eigenvalue weighted by molar-refractivity contribution is 6.30. The number of hydrogen-bond donors (Lipinski definition) is 1. The number of aliphatic hydroxyl groups excluding tert-OH is 1. The first-order valence-corrected chi connectivity index (χ1v) is 12.8. The Balaban J connectivity index is 1.80. The van der Waals surface area contributed by atoms with Gasteiger partial charge in [-0.05, 0) is 43.5 Å². The molecule has 0 aliphatic carbocycles. The van der Waals surface area contributed by atoms with Gasteiger partial charge in [0.25, 0.3) is 5.91 Å². The van der Waals surface area contributed by atoms with Gasteiger partial charge in [0.1, 0.15) is 11.6 Å². The van der Waals surface area contributed by atoms with Crippen molar-refractivity contribution in [2.75, 3.05) is 31.6 Å². The molecule has 2 unspecified atom stereocenters. The van der Waals surface area contributed by atoms with Crippen molar-refractivity contribution in [3.8, 4) is 0 Å². The molecule has 3 aliphatic rings. The Kier molecular flexibility index (Phi) is 7.59. The van der Waals surface area contributed by atoms with Gasteiger partial charge < -0.3 is 24.5 Å². The van der Waals surface area contributed by atoms with E-state index < -0.39 is 35.6 Å². The maximum atomic E-state index is 14.3. The Hall–Kier alpha value is -2.68. The van der Waals surface area contributed by atoms with E-state index >= 15 is 0 Å². The third-order valence-corrected chi connectivity index (χ3v) is 8.08. The molecule has 3 fully saturated rings. The lowest BCUT2D eigenvalue weighted by Gasteiger charge is -2.39. The van der Waals surface area contributed by atoms with Gasteiger partial charge in [-0.25, -0.2) is 0 Å². The van der Waals surface area contributed by atoms with Gasteiger partial charge in [-0.2, -0.15) is 0 Å². The standard InChI is InChI=1S/C27H34ClN3O5/c1-5-14-29(4)24(33)21-20-12-13-27(36-20)22(21)25(34)31(18(7-3)16-32)23(27)26(35)30(15-6-2)19-10-8-17(28)9-11-19/h5-6,8-11,18,20-23,32H,1-2,7,12-16H2,3-4H3/t18-,20+,21-,22-,23?,27?/m0/s1. The van der Waals surface area contributed by atoms with Crippen LogP contribution in [-0.2, 0) is 19.1 Å². The summed E-state index contributed by atoms with van der Waals surface area (Å²) < 4.78 is 6.49. The van der Waals surface area contributed by atoms with Crippen LogP contribution in [0.25, 0.3) is 0 Å². The van der Waals surface area contributed by atoms with Crippen LogP contribution in [0, 0.1) is 11.8 Å². The molecule has 4 rings (SSSR count). The number of benzene rings is 1. The summed E-state index contributed by atoms with van der Waals surface area (Å²) in [4.78, 5) is 46.4. The molecule has 0 radical (unpaired) electrons. The van der Waals surface area contributed by atoms with E-state index in [1.807, 2.05) is 6.92 Å². The molecule has 1 N–H and O–H groups in total. The first kappa shape index (κ1) is 26.4. The van der Waals surface area contributed by atoms with E-state index in [0.29, 0.717) is 36.5 Å². The van der Waals surface area contributed by atoms with Crippen molar-refractivity contribution < 1.29 is 24.2 Å². The highest BCUT2D eigenvalue weighted by atomic mass is 35.5. The van der Waals surface area contributed by atoms with Crippen molar-refractivity contribution >= 4 is 35.0 Å². The Morgan fingerprint density at radius 3 is 2.50 bits per heavy atom. The smallest absolute Gasteiger partial charge is 0.253 e. The van der Waals surface area contributed by atoms with E-state index in [9.17, 15) is 19.5 Å². The van der Waals surface area contributed by atoms with Crippen molar-refractivity contribution in [2.24, 2.45) is 11.8 Å². The summed E-state index contributed by atoms with van der Waals surface area (Å²) in [7, 11) is 1.68. The monoisotopic (exact) mass is 515 g/mol. The van der Waals surface area contributed by atoms with Crippen molar-refractivity contribution in [1.29, 1.82) is 0 Å². The summed E-state index contributed by atoms with van der Waals surface area (Å²) >= 11 is 6.07. The Labute approximate surface area is 217 Å². The third-order valence-electron chi connectivity index (χ3n) is 7.83. The van der Waals surface area contributed by atoms with E-state index in [0.717, 1.165) is 0 Å². The minimum absolute atomic E-state index is 0.189. The predicted octanol–water partition coefficient (Wildman–Crippen LogP) is 2.65. The number of likely N-dealkylation sites (tertiary alicyclic amines) is 1. The Morgan fingerprint density at radius 1 is 1.25 bits per heavy atom. The molecule has 3 saturated heterocycles. The van der Waals surface area contributed by atoms with Crippen LogP contribution in [0.5, 0.6) is 0 Å². The number of rotatable bonds is 10. The van der Waals surface area contributed by atoms with Gasteiger partial charge in [-0.15, -0.1) is 13.2 Å². The summed E-state index contributed by atoms with van der Waals surface area (Å²) in [6.07, 6.45) is 4.34. The number of anilines is 1. The fourth-order valence-electron chi connectivity index (χ4n) is 6.22. The highest BCUT2D eigenvalue weighted by Crippen LogP contribution is 2.59. The molecular weight excluding hydrogens is 482 g/mol. The number of carbonyl (C=O) groups is 3. The summed E-state index contributed by atoms with van der Waals surface area (Å²) in [6.45, 7) is 9.64. The molecule has 2 bridgehead atoms. The zero-order valence-corrected chi connectivity index (χ0v) is 21.6. The van der Waals surface area contributed by atoms with E-state index in [1.54, 1.807) is 53.3 Å². The molecule has 0 saturated carbocycles. The number of aliphatic hydroxyl groups is 1. The molecule has 36 heavy (non-hydrogen) atoms. The number of carbonyl (C=O) groups excluding carboxylic acids is 3. The average molecular weight is 516 g/mol. The van der Waals surface area contributed by atoms with Crippen molar-refractivity contribution in [3.63, 3.8) is 0 Å². The quantitative estimate of drug-likeness (QED) is 0.484. The zero-order chi connectivity index (χ0) is 26.2. The minimum atomic E-state index is -1.14. The first-order valence-electron chi connectivity index (χ1n) is 12.4. The van der Waals surface area contributed by atoms with Gasteiger partial charge in [-0.1, -0.05) is 30.7 Å². The lowest BCUT2D eigenvalue weighted by atomic mass is 9.70. The topological polar surface area (TPSA) is 90.4 Å². The van der Waals surface area contributed by atoms with E-state index in [2.05, 4.69) is 13.2 Å². The number of likely N-dealkylation sites (N-methyl/N-ethyl adjacent to an activating group) is 1. The number of nitrogens with zero attached hydrogens (tertiary/aromatic N) is 3. The highest BCUT2D eigenvalue weighted by Gasteiger charge is 2.75. The fraction of sp³-hybridized carbons (Fsp3) is 0.519. The molecule has 3 amide bonds. The zero-order valence-electron chi connectivity index (χ0n) is 20.8. The average Bonchev–Trinajstić information content (AvgIpc) is 3.51. The minimum Gasteiger partial charge on any atom is -0.394 e. The third kappa shape index (κ3) is 4.05. The second kappa shape index (κ2) is 10.4. The second-order valence-electron chi connectivity index (χ2n) is 9.77. The van der Waals surface area contributed by atoms with Crippen LogP contribution in [0.15, 0.2) is 49.6 Å². The number of hydrogen-bond acceptors (Lipinski definition) is 5. The van der Waals surface area contributed by atoms with Crippen molar-refractivity contribution in [3.05, 3.63) is 54.6 Å². The number of ether oxygens (including phenoxy) is 1. The largest absolute Gasteiger partial charge is 0.394 e. The molecule has 9 heteroatoms. The lowest BCUT2D eigenvalue weighted by Crippen LogP contribution is -2.59. The van der Waals surface area contributed by atoms with Gasteiger partial charge in [0.15, 0.2) is 0 Å². The van der Waals surface area contributed by atoms with Crippen LogP contribution in [-0.4, -0.2) is 83.2 Å². The van der Waals surface area contributed by atoms with Gasteiger partial charge >= 0.3 is 0 Å². The maximum absolute atomic E-state index is 14.3. The maximum Gasteiger partial charge on any atom is 0.253 e. The molecule has 1 aromatic rings. The summed E-state index contributed by atoms with van der Waals surface area (Å²) in [5.74, 6) is -2.30. The molecule has 8 nitrogen and oxygen atoms in total. The van der Waals surface area contributed by atoms with Gasteiger partial charge in [-0.3, -0.25) is 14.4 Å². The number of fused-ring (bicyclic) bond motifs is 1. The molecule has 0 aromatic heterocycles. The summed E-state index contributed by atoms with van der Waals surface area (Å²) in [5, 5.41) is 10.7. The molecular formula is C27H34ClN3O5. The number of halogens is 1. The van der Waals surface area contributed by atoms with Crippen molar-refractivity contribution in [1.82, 2.24) is 9.80 Å². The van der Waals surface area contributed by atoms with Crippen molar-refractivity contribution in [2.45, 2.75) is 50.0 Å². The number of amides is 3. The second-order valence-corrected chi connectivity index (χ2v) is 10.2. The molecule has 1 spiro atoms. The molecule has 3 aliphatic heterocycles. The Morgan fingerprint density at radius 2 is 1.92 bits per heavy atom. The van der Waals surface area contributed by atoms with Crippen LogP contribution in [0.1, 0.15) is 26.2 Å². The predicted molar refractivity (Wildman–Crippen MR) is 137 cm³/mol. The van der Waals surface area contributed by atoms with Crippen LogP contribution in [0.2, 0.25) is 5.02 Å².